The molecule has 0 radical (unpaired) electrons. The molecule has 1 saturated heterocycles. The Morgan fingerprint density at radius 2 is 1.82 bits per heavy atom. The molecule has 1 aliphatic heterocycles. The van der Waals surface area contributed by atoms with Crippen LogP contribution in [0.15, 0.2) is 0 Å². The zero-order valence-corrected chi connectivity index (χ0v) is 8.82. The lowest BCUT2D eigenvalue weighted by Gasteiger charge is -2.28. The van der Waals surface area contributed by atoms with Gasteiger partial charge in [0, 0.05) is 12.1 Å². The topological polar surface area (TPSA) is 12.0 Å². The molecule has 0 bridgehead atoms. The van der Waals surface area contributed by atoms with Crippen molar-refractivity contribution in [1.82, 2.24) is 5.32 Å². The first-order chi connectivity index (χ1) is 5.18. The van der Waals surface area contributed by atoms with Crippen molar-refractivity contribution < 1.29 is 0 Å². The maximum atomic E-state index is 3.61. The Labute approximate surface area is 71.7 Å². The largest absolute Gasteiger partial charge is 0.312 e. The lowest BCUT2D eigenvalue weighted by molar-refractivity contribution is 0.437. The molecule has 0 aromatic rings. The van der Waals surface area contributed by atoms with Crippen molar-refractivity contribution in [2.45, 2.75) is 38.8 Å². The van der Waals surface area contributed by atoms with Crippen LogP contribution in [0.5, 0.6) is 0 Å². The summed E-state index contributed by atoms with van der Waals surface area (Å²) in [5, 5.41) is 3.61. The van der Waals surface area contributed by atoms with Gasteiger partial charge in [0.2, 0.25) is 0 Å². The van der Waals surface area contributed by atoms with Gasteiger partial charge in [-0.05, 0) is 31.8 Å². The van der Waals surface area contributed by atoms with Crippen LogP contribution in [0.2, 0.25) is 0 Å². The normalized spacial score (nSPS) is 32.7. The summed E-state index contributed by atoms with van der Waals surface area (Å²) in [6.45, 7) is 6.91. The molecule has 0 unspecified atom stereocenters. The molecule has 0 atom stereocenters. The third-order valence-electron chi connectivity index (χ3n) is 2.29. The standard InChI is InChI=1S/C9H20NP/c1-8(2)10-9-4-6-11(3)7-5-9/h8-10H,4-7H2,1-3H3. The Bertz CT molecular complexity index is 106. The maximum Gasteiger partial charge on any atom is 0.00761 e. The third kappa shape index (κ3) is 3.53. The van der Waals surface area contributed by atoms with Gasteiger partial charge in [-0.3, -0.25) is 0 Å². The second kappa shape index (κ2) is 4.42. The van der Waals surface area contributed by atoms with E-state index in [0.717, 1.165) is 6.04 Å². The van der Waals surface area contributed by atoms with E-state index in [2.05, 4.69) is 25.8 Å². The lowest BCUT2D eigenvalue weighted by atomic mass is 10.1. The van der Waals surface area contributed by atoms with E-state index < -0.39 is 0 Å². The highest BCUT2D eigenvalue weighted by molar-refractivity contribution is 7.56. The third-order valence-corrected chi connectivity index (χ3v) is 4.33. The Morgan fingerprint density at radius 3 is 2.27 bits per heavy atom. The molecule has 2 heteroatoms. The minimum atomic E-state index is 0.417. The number of hydrogen-bond donors (Lipinski definition) is 1. The smallest absolute Gasteiger partial charge is 0.00761 e. The number of nitrogens with one attached hydrogen (secondary N) is 1. The quantitative estimate of drug-likeness (QED) is 0.631. The van der Waals surface area contributed by atoms with Gasteiger partial charge in [0.15, 0.2) is 0 Å². The van der Waals surface area contributed by atoms with Gasteiger partial charge in [0.25, 0.3) is 0 Å². The van der Waals surface area contributed by atoms with Crippen molar-refractivity contribution in [3.8, 4) is 0 Å². The van der Waals surface area contributed by atoms with E-state index in [9.17, 15) is 0 Å². The predicted molar refractivity (Wildman–Crippen MR) is 53.9 cm³/mol. The first-order valence-electron chi connectivity index (χ1n) is 4.63. The van der Waals surface area contributed by atoms with Crippen molar-refractivity contribution in [3.63, 3.8) is 0 Å². The van der Waals surface area contributed by atoms with Crippen LogP contribution in [0.4, 0.5) is 0 Å². The van der Waals surface area contributed by atoms with Crippen molar-refractivity contribution >= 4 is 7.92 Å². The van der Waals surface area contributed by atoms with Gasteiger partial charge >= 0.3 is 0 Å². The molecule has 0 saturated carbocycles. The molecule has 0 aromatic carbocycles. The van der Waals surface area contributed by atoms with Crippen LogP contribution in [0.25, 0.3) is 0 Å². The van der Waals surface area contributed by atoms with Crippen LogP contribution in [0, 0.1) is 0 Å². The van der Waals surface area contributed by atoms with Gasteiger partial charge in [-0.25, -0.2) is 0 Å². The second-order valence-electron chi connectivity index (χ2n) is 3.90. The van der Waals surface area contributed by atoms with Gasteiger partial charge in [-0.15, -0.1) is 7.92 Å². The van der Waals surface area contributed by atoms with Gasteiger partial charge in [-0.2, -0.15) is 0 Å². The van der Waals surface area contributed by atoms with E-state index in [-0.39, 0.29) is 0 Å². The summed E-state index contributed by atoms with van der Waals surface area (Å²) in [5.74, 6) is 0. The van der Waals surface area contributed by atoms with Gasteiger partial charge < -0.3 is 5.32 Å². The number of hydrogen-bond acceptors (Lipinski definition) is 1. The van der Waals surface area contributed by atoms with E-state index in [0.29, 0.717) is 14.0 Å². The molecule has 0 aliphatic carbocycles. The zero-order valence-electron chi connectivity index (χ0n) is 7.93. The minimum absolute atomic E-state index is 0.417. The molecule has 1 rings (SSSR count). The van der Waals surface area contributed by atoms with Gasteiger partial charge in [0.05, 0.1) is 0 Å². The molecule has 66 valence electrons. The van der Waals surface area contributed by atoms with Crippen molar-refractivity contribution in [2.75, 3.05) is 19.0 Å². The summed E-state index contributed by atoms with van der Waals surface area (Å²) in [6, 6.07) is 1.50. The van der Waals surface area contributed by atoms with E-state index in [1.807, 2.05) is 0 Å². The average Bonchev–Trinajstić information content (AvgIpc) is 1.93. The van der Waals surface area contributed by atoms with E-state index in [1.165, 1.54) is 25.2 Å². The second-order valence-corrected chi connectivity index (χ2v) is 6.51. The van der Waals surface area contributed by atoms with E-state index >= 15 is 0 Å². The molecule has 1 N–H and O–H groups in total. The van der Waals surface area contributed by atoms with Crippen molar-refractivity contribution in [1.29, 1.82) is 0 Å². The average molecular weight is 173 g/mol. The molecule has 0 spiro atoms. The zero-order chi connectivity index (χ0) is 8.27. The Balaban J connectivity index is 2.17. The molecule has 0 amide bonds. The monoisotopic (exact) mass is 173 g/mol. The van der Waals surface area contributed by atoms with Crippen LogP contribution < -0.4 is 5.32 Å². The van der Waals surface area contributed by atoms with Gasteiger partial charge in [0.1, 0.15) is 0 Å². The first-order valence-corrected chi connectivity index (χ1v) is 6.79. The summed E-state index contributed by atoms with van der Waals surface area (Å²) < 4.78 is 0. The van der Waals surface area contributed by atoms with Crippen LogP contribution in [0.1, 0.15) is 26.7 Å². The summed E-state index contributed by atoms with van der Waals surface area (Å²) in [7, 11) is 0.417. The molecule has 11 heavy (non-hydrogen) atoms. The predicted octanol–water partition coefficient (Wildman–Crippen LogP) is 2.26. The van der Waals surface area contributed by atoms with Crippen LogP contribution >= 0.6 is 7.92 Å². The Morgan fingerprint density at radius 1 is 1.27 bits per heavy atom. The highest BCUT2D eigenvalue weighted by atomic mass is 31.1. The minimum Gasteiger partial charge on any atom is -0.312 e. The van der Waals surface area contributed by atoms with Crippen LogP contribution in [-0.4, -0.2) is 31.1 Å². The first kappa shape index (κ1) is 9.48. The van der Waals surface area contributed by atoms with E-state index in [1.54, 1.807) is 0 Å². The molecule has 1 aliphatic rings. The fraction of sp³-hybridized carbons (Fsp3) is 1.00. The number of rotatable bonds is 2. The summed E-state index contributed by atoms with van der Waals surface area (Å²) in [6.07, 6.45) is 5.81. The SMILES string of the molecule is CC(C)NC1CCP(C)CC1. The summed E-state index contributed by atoms with van der Waals surface area (Å²) in [5.41, 5.74) is 0. The summed E-state index contributed by atoms with van der Waals surface area (Å²) >= 11 is 0. The molecule has 0 aromatic heterocycles. The van der Waals surface area contributed by atoms with Crippen molar-refractivity contribution in [3.05, 3.63) is 0 Å². The lowest BCUT2D eigenvalue weighted by Crippen LogP contribution is -2.37. The molecule has 1 nitrogen and oxygen atoms in total. The fourth-order valence-electron chi connectivity index (χ4n) is 1.65. The Hall–Kier alpha value is 0.390. The molecular weight excluding hydrogens is 153 g/mol. The van der Waals surface area contributed by atoms with E-state index in [4.69, 9.17) is 0 Å². The highest BCUT2D eigenvalue weighted by Gasteiger charge is 2.17. The summed E-state index contributed by atoms with van der Waals surface area (Å²) in [4.78, 5) is 0. The van der Waals surface area contributed by atoms with Crippen LogP contribution in [-0.2, 0) is 0 Å². The van der Waals surface area contributed by atoms with Gasteiger partial charge in [-0.1, -0.05) is 13.8 Å². The van der Waals surface area contributed by atoms with Crippen LogP contribution in [0.3, 0.4) is 0 Å². The fourth-order valence-corrected chi connectivity index (χ4v) is 3.38. The molecular formula is C9H20NP. The maximum absolute atomic E-state index is 3.61. The molecule has 1 fully saturated rings. The Kier molecular flexibility index (Phi) is 3.81. The van der Waals surface area contributed by atoms with Crippen molar-refractivity contribution in [2.24, 2.45) is 0 Å². The highest BCUT2D eigenvalue weighted by Crippen LogP contribution is 2.37. The molecule has 1 heterocycles.